The number of rotatable bonds is 9. The number of ether oxygens (including phenoxy) is 3. The van der Waals surface area contributed by atoms with Gasteiger partial charge in [0.2, 0.25) is 11.8 Å². The summed E-state index contributed by atoms with van der Waals surface area (Å²) in [5.41, 5.74) is 0.615. The van der Waals surface area contributed by atoms with Gasteiger partial charge >= 0.3 is 0 Å². The highest BCUT2D eigenvalue weighted by molar-refractivity contribution is 5.99. The molecule has 2 rings (SSSR count). The maximum absolute atomic E-state index is 12.2. The van der Waals surface area contributed by atoms with Crippen molar-refractivity contribution < 1.29 is 23.8 Å². The monoisotopic (exact) mass is 336 g/mol. The Morgan fingerprint density at radius 3 is 2.46 bits per heavy atom. The maximum atomic E-state index is 12.2. The van der Waals surface area contributed by atoms with E-state index < -0.39 is 0 Å². The predicted octanol–water partition coefficient (Wildman–Crippen LogP) is 1.43. The highest BCUT2D eigenvalue weighted by atomic mass is 16.5. The SMILES string of the molecule is COCCCNC(=O)C1CC1C(=O)Nc1ccc(OC)c(OC)c1. The van der Waals surface area contributed by atoms with Gasteiger partial charge < -0.3 is 24.8 Å². The third kappa shape index (κ3) is 4.61. The lowest BCUT2D eigenvalue weighted by atomic mass is 10.2. The average molecular weight is 336 g/mol. The molecule has 2 N–H and O–H groups in total. The van der Waals surface area contributed by atoms with Gasteiger partial charge in [-0.05, 0) is 25.0 Å². The molecule has 0 aromatic heterocycles. The van der Waals surface area contributed by atoms with Gasteiger partial charge in [0, 0.05) is 32.0 Å². The van der Waals surface area contributed by atoms with Crippen molar-refractivity contribution in [3.63, 3.8) is 0 Å². The van der Waals surface area contributed by atoms with Gasteiger partial charge in [0.1, 0.15) is 0 Å². The topological polar surface area (TPSA) is 85.9 Å². The molecule has 1 saturated carbocycles. The molecule has 1 aromatic carbocycles. The Hall–Kier alpha value is -2.28. The molecule has 0 bridgehead atoms. The van der Waals surface area contributed by atoms with Crippen LogP contribution in [-0.2, 0) is 14.3 Å². The summed E-state index contributed by atoms with van der Waals surface area (Å²) < 4.78 is 15.3. The number of benzene rings is 1. The molecular weight excluding hydrogens is 312 g/mol. The Balaban J connectivity index is 1.83. The number of anilines is 1. The second-order valence-electron chi connectivity index (χ2n) is 5.65. The minimum absolute atomic E-state index is 0.0708. The summed E-state index contributed by atoms with van der Waals surface area (Å²) in [6.45, 7) is 1.17. The van der Waals surface area contributed by atoms with Gasteiger partial charge in [0.15, 0.2) is 11.5 Å². The predicted molar refractivity (Wildman–Crippen MR) is 89.3 cm³/mol. The van der Waals surface area contributed by atoms with Crippen LogP contribution in [0, 0.1) is 11.8 Å². The van der Waals surface area contributed by atoms with Crippen molar-refractivity contribution in [1.29, 1.82) is 0 Å². The van der Waals surface area contributed by atoms with Crippen molar-refractivity contribution in [1.82, 2.24) is 5.32 Å². The number of carbonyl (C=O) groups excluding carboxylic acids is 2. The molecule has 0 aliphatic heterocycles. The van der Waals surface area contributed by atoms with E-state index in [0.29, 0.717) is 36.8 Å². The summed E-state index contributed by atoms with van der Waals surface area (Å²) in [6.07, 6.45) is 1.34. The van der Waals surface area contributed by atoms with E-state index >= 15 is 0 Å². The quantitative estimate of drug-likeness (QED) is 0.666. The van der Waals surface area contributed by atoms with Crippen LogP contribution in [-0.4, -0.2) is 46.3 Å². The summed E-state index contributed by atoms with van der Waals surface area (Å²) in [6, 6.07) is 5.15. The average Bonchev–Trinajstić information content (AvgIpc) is 3.39. The molecule has 1 aromatic rings. The summed E-state index contributed by atoms with van der Waals surface area (Å²) >= 11 is 0. The Kier molecular flexibility index (Phi) is 6.43. The maximum Gasteiger partial charge on any atom is 0.228 e. The van der Waals surface area contributed by atoms with Crippen molar-refractivity contribution in [2.75, 3.05) is 39.8 Å². The largest absolute Gasteiger partial charge is 0.493 e. The van der Waals surface area contributed by atoms with Crippen LogP contribution >= 0.6 is 0 Å². The molecule has 2 unspecified atom stereocenters. The molecule has 2 atom stereocenters. The summed E-state index contributed by atoms with van der Waals surface area (Å²) in [4.78, 5) is 24.2. The molecule has 0 spiro atoms. The van der Waals surface area contributed by atoms with Crippen LogP contribution in [0.5, 0.6) is 11.5 Å². The van der Waals surface area contributed by atoms with Crippen LogP contribution in [0.3, 0.4) is 0 Å². The van der Waals surface area contributed by atoms with Gasteiger partial charge in [-0.1, -0.05) is 0 Å². The number of nitrogens with one attached hydrogen (secondary N) is 2. The first kappa shape index (κ1) is 18.1. The molecular formula is C17H24N2O5. The summed E-state index contributed by atoms with van der Waals surface area (Å²) in [7, 11) is 4.71. The zero-order valence-corrected chi connectivity index (χ0v) is 14.3. The first-order valence-corrected chi connectivity index (χ1v) is 7.90. The van der Waals surface area contributed by atoms with E-state index in [2.05, 4.69) is 10.6 Å². The van der Waals surface area contributed by atoms with Crippen molar-refractivity contribution in [2.45, 2.75) is 12.8 Å². The Morgan fingerprint density at radius 1 is 1.08 bits per heavy atom. The fraction of sp³-hybridized carbons (Fsp3) is 0.529. The van der Waals surface area contributed by atoms with Gasteiger partial charge in [-0.15, -0.1) is 0 Å². The molecule has 1 aliphatic carbocycles. The molecule has 1 aliphatic rings. The first-order chi connectivity index (χ1) is 11.6. The second-order valence-corrected chi connectivity index (χ2v) is 5.65. The fourth-order valence-corrected chi connectivity index (χ4v) is 2.48. The van der Waals surface area contributed by atoms with Crippen LogP contribution in [0.15, 0.2) is 18.2 Å². The van der Waals surface area contributed by atoms with Crippen LogP contribution in [0.2, 0.25) is 0 Å². The fourth-order valence-electron chi connectivity index (χ4n) is 2.48. The first-order valence-electron chi connectivity index (χ1n) is 7.90. The lowest BCUT2D eigenvalue weighted by Gasteiger charge is -2.10. The van der Waals surface area contributed by atoms with Gasteiger partial charge in [-0.3, -0.25) is 9.59 Å². The molecule has 0 heterocycles. The van der Waals surface area contributed by atoms with Gasteiger partial charge in [0.25, 0.3) is 0 Å². The van der Waals surface area contributed by atoms with E-state index in [-0.39, 0.29) is 23.7 Å². The molecule has 7 nitrogen and oxygen atoms in total. The lowest BCUT2D eigenvalue weighted by molar-refractivity contribution is -0.125. The van der Waals surface area contributed by atoms with Crippen molar-refractivity contribution in [3.8, 4) is 11.5 Å². The molecule has 1 fully saturated rings. The van der Waals surface area contributed by atoms with Crippen LogP contribution in [0.25, 0.3) is 0 Å². The van der Waals surface area contributed by atoms with Gasteiger partial charge in [-0.25, -0.2) is 0 Å². The smallest absolute Gasteiger partial charge is 0.228 e. The normalized spacial score (nSPS) is 18.6. The van der Waals surface area contributed by atoms with E-state index in [1.54, 1.807) is 32.4 Å². The van der Waals surface area contributed by atoms with E-state index in [1.807, 2.05) is 0 Å². The van der Waals surface area contributed by atoms with E-state index in [9.17, 15) is 9.59 Å². The Morgan fingerprint density at radius 2 is 1.79 bits per heavy atom. The van der Waals surface area contributed by atoms with Crippen molar-refractivity contribution >= 4 is 17.5 Å². The van der Waals surface area contributed by atoms with Crippen molar-refractivity contribution in [3.05, 3.63) is 18.2 Å². The van der Waals surface area contributed by atoms with E-state index in [4.69, 9.17) is 14.2 Å². The van der Waals surface area contributed by atoms with Gasteiger partial charge in [0.05, 0.1) is 26.1 Å². The Labute approximate surface area is 141 Å². The number of hydrogen-bond donors (Lipinski definition) is 2. The number of amides is 2. The molecule has 2 amide bonds. The third-order valence-corrected chi connectivity index (χ3v) is 3.94. The highest BCUT2D eigenvalue weighted by Crippen LogP contribution is 2.40. The number of methoxy groups -OCH3 is 3. The highest BCUT2D eigenvalue weighted by Gasteiger charge is 2.47. The van der Waals surface area contributed by atoms with Crippen LogP contribution in [0.1, 0.15) is 12.8 Å². The number of hydrogen-bond acceptors (Lipinski definition) is 5. The minimum atomic E-state index is -0.277. The summed E-state index contributed by atoms with van der Waals surface area (Å²) in [5.74, 6) is 0.389. The molecule has 0 saturated heterocycles. The van der Waals surface area contributed by atoms with Crippen molar-refractivity contribution in [2.24, 2.45) is 11.8 Å². The third-order valence-electron chi connectivity index (χ3n) is 3.94. The Bertz CT molecular complexity index is 590. The standard InChI is InChI=1S/C17H24N2O5/c1-22-8-4-7-18-16(20)12-10-13(12)17(21)19-11-5-6-14(23-2)15(9-11)24-3/h5-6,9,12-13H,4,7-8,10H2,1-3H3,(H,18,20)(H,19,21). The zero-order valence-electron chi connectivity index (χ0n) is 14.3. The van der Waals surface area contributed by atoms with E-state index in [0.717, 1.165) is 6.42 Å². The molecule has 0 radical (unpaired) electrons. The van der Waals surface area contributed by atoms with Crippen LogP contribution < -0.4 is 20.1 Å². The second kappa shape index (κ2) is 8.54. The molecule has 132 valence electrons. The minimum Gasteiger partial charge on any atom is -0.493 e. The zero-order chi connectivity index (χ0) is 17.5. The van der Waals surface area contributed by atoms with Crippen LogP contribution in [0.4, 0.5) is 5.69 Å². The molecule has 7 heteroatoms. The van der Waals surface area contributed by atoms with Gasteiger partial charge in [-0.2, -0.15) is 0 Å². The van der Waals surface area contributed by atoms with E-state index in [1.165, 1.54) is 7.11 Å². The lowest BCUT2D eigenvalue weighted by Crippen LogP contribution is -2.28. The molecule has 24 heavy (non-hydrogen) atoms. The number of carbonyl (C=O) groups is 2. The summed E-state index contributed by atoms with van der Waals surface area (Å²) in [5, 5.41) is 5.64.